The van der Waals surface area contributed by atoms with Gasteiger partial charge in [0, 0.05) is 0 Å². The van der Waals surface area contributed by atoms with E-state index in [0.29, 0.717) is 0 Å². The Kier molecular flexibility index (Phi) is 18.3. The van der Waals surface area contributed by atoms with Crippen molar-refractivity contribution >= 4 is 12.4 Å². The van der Waals surface area contributed by atoms with Crippen LogP contribution in [0.2, 0.25) is 0 Å². The molecule has 0 aliphatic rings. The van der Waals surface area contributed by atoms with Gasteiger partial charge in [0.05, 0.1) is 0 Å². The first-order valence-corrected chi connectivity index (χ1v) is 5.73. The van der Waals surface area contributed by atoms with Gasteiger partial charge >= 0.3 is 19.5 Å². The maximum atomic E-state index is 2.89. The van der Waals surface area contributed by atoms with E-state index in [1.165, 1.54) is 0 Å². The Morgan fingerprint density at radius 2 is 0.550 bits per heavy atom. The Labute approximate surface area is 141 Å². The smallest absolute Gasteiger partial charge is 0.184 e. The molecule has 0 aromatic heterocycles. The summed E-state index contributed by atoms with van der Waals surface area (Å²) in [5, 5.41) is 0. The van der Waals surface area contributed by atoms with Gasteiger partial charge in [0.1, 0.15) is 0 Å². The van der Waals surface area contributed by atoms with Crippen molar-refractivity contribution in [2.75, 3.05) is 0 Å². The molecule has 3 rings (SSSR count). The van der Waals surface area contributed by atoms with Gasteiger partial charge in [-0.3, -0.25) is 0 Å². The minimum Gasteiger partial charge on any atom is -0.184 e. The zero-order chi connectivity index (χ0) is 12.7. The van der Waals surface area contributed by atoms with E-state index in [2.05, 4.69) is 18.2 Å². The fourth-order valence-corrected chi connectivity index (χ4v) is 1.03. The van der Waals surface area contributed by atoms with Crippen molar-refractivity contribution in [1.82, 2.24) is 0 Å². The zero-order valence-corrected chi connectivity index (χ0v) is 13.5. The van der Waals surface area contributed by atoms with Crippen molar-refractivity contribution in [3.05, 3.63) is 109 Å². The molecule has 3 aromatic rings. The first-order chi connectivity index (χ1) is 9.00. The molecule has 3 aromatic carbocycles. The van der Waals surface area contributed by atoms with Gasteiger partial charge in [-0.15, -0.1) is 12.4 Å². The summed E-state index contributed by atoms with van der Waals surface area (Å²) in [5.41, 5.74) is 0. The molecule has 0 bridgehead atoms. The molecular formula is C18H16ClRu. The third-order valence-corrected chi connectivity index (χ3v) is 1.82. The van der Waals surface area contributed by atoms with Crippen LogP contribution in [0.5, 0.6) is 0 Å². The Bertz CT molecular complexity index is 302. The molecule has 0 unspecified atom stereocenters. The van der Waals surface area contributed by atoms with E-state index in [9.17, 15) is 0 Å². The summed E-state index contributed by atoms with van der Waals surface area (Å²) in [6.07, 6.45) is 0. The Morgan fingerprint density at radius 3 is 0.600 bits per heavy atom. The van der Waals surface area contributed by atoms with Gasteiger partial charge < -0.3 is 0 Å². The van der Waals surface area contributed by atoms with Gasteiger partial charge in [-0.05, 0) is 0 Å². The SMILES string of the molecule is Cl.[Ru+3].[c-]1ccccc1.[c-]1ccccc1.[c-]1ccccc1. The van der Waals surface area contributed by atoms with Crippen LogP contribution in [0.4, 0.5) is 0 Å². The van der Waals surface area contributed by atoms with Crippen LogP contribution in [-0.2, 0) is 19.5 Å². The van der Waals surface area contributed by atoms with Gasteiger partial charge in [0.15, 0.2) is 0 Å². The molecule has 0 nitrogen and oxygen atoms in total. The summed E-state index contributed by atoms with van der Waals surface area (Å²) in [4.78, 5) is 0. The van der Waals surface area contributed by atoms with Crippen LogP contribution in [0.15, 0.2) is 91.0 Å². The third-order valence-electron chi connectivity index (χ3n) is 1.82. The van der Waals surface area contributed by atoms with Crippen LogP contribution in [0.3, 0.4) is 0 Å². The van der Waals surface area contributed by atoms with Crippen LogP contribution in [-0.4, -0.2) is 0 Å². The van der Waals surface area contributed by atoms with Gasteiger partial charge in [-0.2, -0.15) is 109 Å². The fourth-order valence-electron chi connectivity index (χ4n) is 1.03. The number of hydrogen-bond acceptors (Lipinski definition) is 0. The zero-order valence-electron chi connectivity index (χ0n) is 10.9. The van der Waals surface area contributed by atoms with Gasteiger partial charge in [0.2, 0.25) is 0 Å². The molecule has 103 valence electrons. The molecular weight excluding hydrogens is 353 g/mol. The van der Waals surface area contributed by atoms with E-state index in [4.69, 9.17) is 0 Å². The molecule has 0 saturated heterocycles. The van der Waals surface area contributed by atoms with Crippen molar-refractivity contribution < 1.29 is 19.5 Å². The molecule has 0 atom stereocenters. The van der Waals surface area contributed by atoms with Crippen LogP contribution >= 0.6 is 12.4 Å². The van der Waals surface area contributed by atoms with Gasteiger partial charge in [-0.1, -0.05) is 0 Å². The number of hydrogen-bond donors (Lipinski definition) is 0. The van der Waals surface area contributed by atoms with Crippen molar-refractivity contribution in [3.63, 3.8) is 0 Å². The topological polar surface area (TPSA) is 0 Å². The second kappa shape index (κ2) is 17.6. The predicted molar refractivity (Wildman–Crippen MR) is 83.1 cm³/mol. The maximum Gasteiger partial charge on any atom is 3.00 e. The summed E-state index contributed by atoms with van der Waals surface area (Å²) in [7, 11) is 0. The minimum absolute atomic E-state index is 0. The first-order valence-electron chi connectivity index (χ1n) is 5.73. The number of benzene rings is 3. The number of rotatable bonds is 0. The normalized spacial score (nSPS) is 7.20. The molecule has 0 N–H and O–H groups in total. The van der Waals surface area contributed by atoms with Crippen LogP contribution in [0.1, 0.15) is 0 Å². The molecule has 20 heavy (non-hydrogen) atoms. The second-order valence-corrected chi connectivity index (χ2v) is 3.23. The van der Waals surface area contributed by atoms with Crippen LogP contribution in [0.25, 0.3) is 0 Å². The van der Waals surface area contributed by atoms with Crippen LogP contribution in [0, 0.1) is 18.2 Å². The van der Waals surface area contributed by atoms with Crippen molar-refractivity contribution in [2.24, 2.45) is 0 Å². The molecule has 2 heteroatoms. The molecule has 0 aliphatic carbocycles. The average molecular weight is 369 g/mol. The quantitative estimate of drug-likeness (QED) is 0.392. The fraction of sp³-hybridized carbons (Fsp3) is 0. The third kappa shape index (κ3) is 14.6. The Morgan fingerprint density at radius 1 is 0.350 bits per heavy atom. The van der Waals surface area contributed by atoms with E-state index >= 15 is 0 Å². The van der Waals surface area contributed by atoms with Crippen molar-refractivity contribution in [1.29, 1.82) is 0 Å². The standard InChI is InChI=1S/3C6H5.ClH.Ru/c3*1-2-4-6-5-3-1;;/h3*1-5H;1H;/q3*-1;;+3. The molecule has 0 spiro atoms. The number of halogens is 1. The van der Waals surface area contributed by atoms with Gasteiger partial charge in [0.25, 0.3) is 0 Å². The molecule has 0 heterocycles. The predicted octanol–water partition coefficient (Wildman–Crippen LogP) is 4.88. The summed E-state index contributed by atoms with van der Waals surface area (Å²) in [6.45, 7) is 0. The van der Waals surface area contributed by atoms with Gasteiger partial charge in [-0.25, -0.2) is 0 Å². The largest absolute Gasteiger partial charge is 3.00 e. The monoisotopic (exact) mass is 369 g/mol. The molecule has 0 saturated carbocycles. The minimum atomic E-state index is 0. The molecule has 0 fully saturated rings. The van der Waals surface area contributed by atoms with E-state index in [1.54, 1.807) is 0 Å². The van der Waals surface area contributed by atoms with Crippen LogP contribution < -0.4 is 0 Å². The van der Waals surface area contributed by atoms with E-state index < -0.39 is 0 Å². The van der Waals surface area contributed by atoms with Crippen molar-refractivity contribution in [3.8, 4) is 0 Å². The summed E-state index contributed by atoms with van der Waals surface area (Å²) < 4.78 is 0. The summed E-state index contributed by atoms with van der Waals surface area (Å²) >= 11 is 0. The molecule has 1 radical (unpaired) electrons. The maximum absolute atomic E-state index is 2.89. The average Bonchev–Trinajstić information content (AvgIpc) is 2.54. The van der Waals surface area contributed by atoms with Crippen molar-refractivity contribution in [2.45, 2.75) is 0 Å². The Balaban J connectivity index is 0. The van der Waals surface area contributed by atoms with E-state index in [0.717, 1.165) is 0 Å². The Hall–Kier alpha value is -1.43. The van der Waals surface area contributed by atoms with E-state index in [-0.39, 0.29) is 31.9 Å². The summed E-state index contributed by atoms with van der Waals surface area (Å²) in [5.74, 6) is 0. The summed E-state index contributed by atoms with van der Waals surface area (Å²) in [6, 6.07) is 37.5. The first kappa shape index (κ1) is 20.9. The van der Waals surface area contributed by atoms with E-state index in [1.807, 2.05) is 91.0 Å². The molecule has 0 aliphatic heterocycles. The molecule has 0 amide bonds. The second-order valence-electron chi connectivity index (χ2n) is 3.23.